The van der Waals surface area contributed by atoms with Gasteiger partial charge in [0.2, 0.25) is 0 Å². The number of hydrogen-bond acceptors (Lipinski definition) is 4. The van der Waals surface area contributed by atoms with Crippen LogP contribution in [0.1, 0.15) is 24.8 Å². The summed E-state index contributed by atoms with van der Waals surface area (Å²) in [5.74, 6) is 0.276. The molecule has 0 spiro atoms. The highest BCUT2D eigenvalue weighted by molar-refractivity contribution is 7.90. The Hall–Kier alpha value is -1.07. The Morgan fingerprint density at radius 1 is 1.26 bits per heavy atom. The molecule has 0 bridgehead atoms. The second-order valence-corrected chi connectivity index (χ2v) is 7.69. The van der Waals surface area contributed by atoms with Crippen molar-refractivity contribution in [1.29, 1.82) is 0 Å². The fraction of sp³-hybridized carbons (Fsp3) is 0.571. The number of hydrogen-bond donors (Lipinski definition) is 1. The Morgan fingerprint density at radius 3 is 2.42 bits per heavy atom. The first-order valence-corrected chi connectivity index (χ1v) is 8.76. The van der Waals surface area contributed by atoms with Gasteiger partial charge < -0.3 is 5.73 Å². The minimum Gasteiger partial charge on any atom is -0.399 e. The van der Waals surface area contributed by atoms with Crippen LogP contribution in [0.4, 0.5) is 5.69 Å². The molecule has 1 fully saturated rings. The van der Waals surface area contributed by atoms with E-state index in [1.54, 1.807) is 0 Å². The predicted molar refractivity (Wildman–Crippen MR) is 78.6 cm³/mol. The number of sulfone groups is 1. The summed E-state index contributed by atoms with van der Waals surface area (Å²) in [6.07, 6.45) is 4.47. The van der Waals surface area contributed by atoms with Crippen molar-refractivity contribution in [3.63, 3.8) is 0 Å². The maximum atomic E-state index is 11.2. The van der Waals surface area contributed by atoms with Crippen LogP contribution < -0.4 is 5.73 Å². The molecule has 5 heteroatoms. The summed E-state index contributed by atoms with van der Waals surface area (Å²) in [6, 6.07) is 8.55. The molecule has 1 aliphatic rings. The molecule has 1 aromatic carbocycles. The van der Waals surface area contributed by atoms with E-state index < -0.39 is 9.84 Å². The normalized spacial score (nSPS) is 15.9. The minimum atomic E-state index is -2.85. The molecule has 1 saturated carbocycles. The minimum absolute atomic E-state index is 0.276. The smallest absolute Gasteiger partial charge is 0.147 e. The summed E-state index contributed by atoms with van der Waals surface area (Å²) in [5.41, 5.74) is 7.69. The van der Waals surface area contributed by atoms with Gasteiger partial charge in [-0.05, 0) is 43.5 Å². The topological polar surface area (TPSA) is 63.4 Å². The number of anilines is 1. The molecular weight excluding hydrogens is 260 g/mol. The van der Waals surface area contributed by atoms with Crippen molar-refractivity contribution in [3.05, 3.63) is 29.8 Å². The van der Waals surface area contributed by atoms with Gasteiger partial charge in [-0.25, -0.2) is 8.42 Å². The Morgan fingerprint density at radius 2 is 1.89 bits per heavy atom. The number of nitrogens with zero attached hydrogens (tertiary/aromatic N) is 1. The van der Waals surface area contributed by atoms with E-state index in [2.05, 4.69) is 4.90 Å². The SMILES string of the molecule is CS(=O)(=O)CCCN(Cc1ccc(N)cc1)C1CC1. The third-order valence-electron chi connectivity index (χ3n) is 3.39. The van der Waals surface area contributed by atoms with Crippen molar-refractivity contribution in [2.24, 2.45) is 0 Å². The Bertz CT molecular complexity index is 507. The molecule has 0 radical (unpaired) electrons. The Balaban J connectivity index is 1.88. The zero-order valence-corrected chi connectivity index (χ0v) is 12.2. The van der Waals surface area contributed by atoms with E-state index >= 15 is 0 Å². The maximum Gasteiger partial charge on any atom is 0.147 e. The zero-order valence-electron chi connectivity index (χ0n) is 11.4. The second-order valence-electron chi connectivity index (χ2n) is 5.43. The average molecular weight is 282 g/mol. The van der Waals surface area contributed by atoms with Crippen LogP contribution in [0.25, 0.3) is 0 Å². The van der Waals surface area contributed by atoms with Crippen molar-refractivity contribution in [2.75, 3.05) is 24.3 Å². The fourth-order valence-electron chi connectivity index (χ4n) is 2.22. The molecule has 2 rings (SSSR count). The molecule has 0 saturated heterocycles. The van der Waals surface area contributed by atoms with Gasteiger partial charge in [0, 0.05) is 24.5 Å². The fourth-order valence-corrected chi connectivity index (χ4v) is 2.87. The maximum absolute atomic E-state index is 11.2. The van der Waals surface area contributed by atoms with Crippen LogP contribution in [-0.2, 0) is 16.4 Å². The summed E-state index contributed by atoms with van der Waals surface area (Å²) in [7, 11) is -2.85. The lowest BCUT2D eigenvalue weighted by Crippen LogP contribution is -2.28. The van der Waals surface area contributed by atoms with Crippen molar-refractivity contribution in [1.82, 2.24) is 4.90 Å². The Labute approximate surface area is 115 Å². The highest BCUT2D eigenvalue weighted by Gasteiger charge is 2.28. The molecule has 106 valence electrons. The average Bonchev–Trinajstić information content (AvgIpc) is 3.13. The van der Waals surface area contributed by atoms with E-state index in [9.17, 15) is 8.42 Å². The summed E-state index contributed by atoms with van der Waals surface area (Å²) in [4.78, 5) is 2.39. The highest BCUT2D eigenvalue weighted by Crippen LogP contribution is 2.28. The van der Waals surface area contributed by atoms with Gasteiger partial charge in [-0.3, -0.25) is 4.90 Å². The zero-order chi connectivity index (χ0) is 13.9. The summed E-state index contributed by atoms with van der Waals surface area (Å²) in [6.45, 7) is 1.73. The first-order valence-electron chi connectivity index (χ1n) is 6.70. The molecule has 2 N–H and O–H groups in total. The van der Waals surface area contributed by atoms with Crippen LogP contribution in [-0.4, -0.2) is 37.9 Å². The molecule has 0 aromatic heterocycles. The first-order chi connectivity index (χ1) is 8.94. The largest absolute Gasteiger partial charge is 0.399 e. The number of nitrogens with two attached hydrogens (primary N) is 1. The van der Waals surface area contributed by atoms with Gasteiger partial charge in [0.1, 0.15) is 9.84 Å². The standard InChI is InChI=1S/C14H22N2O2S/c1-19(17,18)10-2-9-16(14-7-8-14)11-12-3-5-13(15)6-4-12/h3-6,14H,2,7-11,15H2,1H3. The van der Waals surface area contributed by atoms with Gasteiger partial charge in [0.25, 0.3) is 0 Å². The van der Waals surface area contributed by atoms with Crippen LogP contribution >= 0.6 is 0 Å². The van der Waals surface area contributed by atoms with Crippen molar-refractivity contribution in [3.8, 4) is 0 Å². The van der Waals surface area contributed by atoms with Gasteiger partial charge in [-0.15, -0.1) is 0 Å². The third kappa shape index (κ3) is 5.20. The molecule has 0 heterocycles. The van der Waals surface area contributed by atoms with Gasteiger partial charge in [-0.1, -0.05) is 12.1 Å². The van der Waals surface area contributed by atoms with E-state index in [1.807, 2.05) is 24.3 Å². The van der Waals surface area contributed by atoms with Gasteiger partial charge >= 0.3 is 0 Å². The van der Waals surface area contributed by atoms with Crippen LogP contribution in [0.15, 0.2) is 24.3 Å². The third-order valence-corrected chi connectivity index (χ3v) is 4.42. The molecule has 19 heavy (non-hydrogen) atoms. The number of benzene rings is 1. The lowest BCUT2D eigenvalue weighted by atomic mass is 10.2. The quantitative estimate of drug-likeness (QED) is 0.773. The van der Waals surface area contributed by atoms with Crippen molar-refractivity contribution in [2.45, 2.75) is 31.8 Å². The molecule has 4 nitrogen and oxygen atoms in total. The lowest BCUT2D eigenvalue weighted by molar-refractivity contribution is 0.255. The van der Waals surface area contributed by atoms with E-state index in [0.29, 0.717) is 12.5 Å². The molecule has 1 aliphatic carbocycles. The monoisotopic (exact) mass is 282 g/mol. The molecular formula is C14H22N2O2S. The Kier molecular flexibility index (Phi) is 4.47. The molecule has 0 aliphatic heterocycles. The number of rotatable bonds is 7. The second kappa shape index (κ2) is 5.92. The van der Waals surface area contributed by atoms with Crippen LogP contribution in [0.5, 0.6) is 0 Å². The summed E-state index contributed by atoms with van der Waals surface area (Å²) < 4.78 is 22.3. The van der Waals surface area contributed by atoms with E-state index in [1.165, 1.54) is 24.7 Å². The molecule has 0 amide bonds. The van der Waals surface area contributed by atoms with Gasteiger partial charge in [0.05, 0.1) is 5.75 Å². The molecule has 1 aromatic rings. The first kappa shape index (κ1) is 14.3. The molecule has 0 unspecified atom stereocenters. The lowest BCUT2D eigenvalue weighted by Gasteiger charge is -2.22. The summed E-state index contributed by atoms with van der Waals surface area (Å²) >= 11 is 0. The summed E-state index contributed by atoms with van der Waals surface area (Å²) in [5, 5.41) is 0. The number of nitrogen functional groups attached to an aromatic ring is 1. The van der Waals surface area contributed by atoms with Gasteiger partial charge in [0.15, 0.2) is 0 Å². The van der Waals surface area contributed by atoms with Gasteiger partial charge in [-0.2, -0.15) is 0 Å². The predicted octanol–water partition coefficient (Wildman–Crippen LogP) is 1.67. The van der Waals surface area contributed by atoms with Crippen LogP contribution in [0, 0.1) is 0 Å². The van der Waals surface area contributed by atoms with Crippen LogP contribution in [0.3, 0.4) is 0 Å². The van der Waals surface area contributed by atoms with Crippen LogP contribution in [0.2, 0.25) is 0 Å². The molecule has 0 atom stereocenters. The van der Waals surface area contributed by atoms with Crippen molar-refractivity contribution < 1.29 is 8.42 Å². The van der Waals surface area contributed by atoms with Crippen molar-refractivity contribution >= 4 is 15.5 Å². The highest BCUT2D eigenvalue weighted by atomic mass is 32.2. The van der Waals surface area contributed by atoms with E-state index in [4.69, 9.17) is 5.73 Å². The van der Waals surface area contributed by atoms with E-state index in [0.717, 1.165) is 18.8 Å². The van der Waals surface area contributed by atoms with E-state index in [-0.39, 0.29) is 5.75 Å².